The number of nitrogens with two attached hydrogens (primary N) is 1. The van der Waals surface area contributed by atoms with Gasteiger partial charge in [-0.1, -0.05) is 0 Å². The standard InChI is InChI=1S/C12H15N3O2/c1-17-12-5-11-7(2-10(12)13)6-15(14-11)8-3-9(16)4-8/h2,5-6,8-9,16H,3-4,13H2,1H3/t8-,9-. The zero-order valence-electron chi connectivity index (χ0n) is 9.63. The maximum absolute atomic E-state index is 9.30. The molecule has 3 rings (SSSR count). The number of hydrogen-bond acceptors (Lipinski definition) is 4. The third-order valence-corrected chi connectivity index (χ3v) is 3.34. The molecule has 2 aromatic rings. The quantitative estimate of drug-likeness (QED) is 0.767. The first-order valence-electron chi connectivity index (χ1n) is 5.68. The topological polar surface area (TPSA) is 73.3 Å². The number of aliphatic hydroxyl groups excluding tert-OH is 1. The van der Waals surface area contributed by atoms with Gasteiger partial charge in [-0.3, -0.25) is 4.68 Å². The van der Waals surface area contributed by atoms with Crippen molar-refractivity contribution < 1.29 is 9.84 Å². The molecule has 1 saturated carbocycles. The van der Waals surface area contributed by atoms with Gasteiger partial charge in [0.15, 0.2) is 0 Å². The molecule has 0 radical (unpaired) electrons. The second-order valence-corrected chi connectivity index (χ2v) is 4.54. The lowest BCUT2D eigenvalue weighted by Crippen LogP contribution is -2.30. The summed E-state index contributed by atoms with van der Waals surface area (Å²) < 4.78 is 7.08. The molecule has 0 unspecified atom stereocenters. The molecule has 0 atom stereocenters. The van der Waals surface area contributed by atoms with Crippen LogP contribution in [0.3, 0.4) is 0 Å². The molecule has 0 saturated heterocycles. The molecule has 1 heterocycles. The van der Waals surface area contributed by atoms with E-state index in [0.717, 1.165) is 23.7 Å². The zero-order chi connectivity index (χ0) is 12.0. The van der Waals surface area contributed by atoms with Crippen LogP contribution in [-0.2, 0) is 0 Å². The summed E-state index contributed by atoms with van der Waals surface area (Å²) >= 11 is 0. The Morgan fingerprint density at radius 3 is 2.88 bits per heavy atom. The van der Waals surface area contributed by atoms with Gasteiger partial charge in [-0.2, -0.15) is 5.10 Å². The summed E-state index contributed by atoms with van der Waals surface area (Å²) in [6, 6.07) is 4.02. The van der Waals surface area contributed by atoms with Crippen molar-refractivity contribution in [1.82, 2.24) is 9.78 Å². The van der Waals surface area contributed by atoms with Crippen molar-refractivity contribution in [2.24, 2.45) is 0 Å². The Bertz CT molecular complexity index is 558. The summed E-state index contributed by atoms with van der Waals surface area (Å²) in [6.45, 7) is 0. The van der Waals surface area contributed by atoms with Crippen molar-refractivity contribution >= 4 is 16.6 Å². The summed E-state index contributed by atoms with van der Waals surface area (Å²) in [5.74, 6) is 0.649. The minimum atomic E-state index is -0.174. The van der Waals surface area contributed by atoms with Gasteiger partial charge in [0.05, 0.1) is 30.5 Å². The van der Waals surface area contributed by atoms with Crippen LogP contribution in [0.4, 0.5) is 5.69 Å². The molecule has 3 N–H and O–H groups in total. The lowest BCUT2D eigenvalue weighted by molar-refractivity contribution is 0.0437. The number of aliphatic hydroxyl groups is 1. The van der Waals surface area contributed by atoms with Crippen LogP contribution in [0.25, 0.3) is 10.9 Å². The number of hydrogen-bond donors (Lipinski definition) is 2. The minimum Gasteiger partial charge on any atom is -0.495 e. The zero-order valence-corrected chi connectivity index (χ0v) is 9.63. The van der Waals surface area contributed by atoms with Gasteiger partial charge in [-0.25, -0.2) is 0 Å². The van der Waals surface area contributed by atoms with Gasteiger partial charge < -0.3 is 15.6 Å². The molecule has 0 aliphatic heterocycles. The van der Waals surface area contributed by atoms with Crippen LogP contribution < -0.4 is 10.5 Å². The van der Waals surface area contributed by atoms with Crippen molar-refractivity contribution in [3.8, 4) is 5.75 Å². The first-order chi connectivity index (χ1) is 8.17. The van der Waals surface area contributed by atoms with Gasteiger partial charge in [0, 0.05) is 17.6 Å². The SMILES string of the molecule is COc1cc2nn([C@H]3C[C@H](O)C3)cc2cc1N. The Balaban J connectivity index is 2.01. The summed E-state index contributed by atoms with van der Waals surface area (Å²) in [6.07, 6.45) is 3.36. The van der Waals surface area contributed by atoms with E-state index in [1.165, 1.54) is 0 Å². The fourth-order valence-electron chi connectivity index (χ4n) is 2.23. The summed E-state index contributed by atoms with van der Waals surface area (Å²) in [4.78, 5) is 0. The highest BCUT2D eigenvalue weighted by Gasteiger charge is 2.29. The Hall–Kier alpha value is -1.75. The monoisotopic (exact) mass is 233 g/mol. The molecule has 1 aliphatic rings. The van der Waals surface area contributed by atoms with E-state index in [-0.39, 0.29) is 6.10 Å². The number of methoxy groups -OCH3 is 1. The third-order valence-electron chi connectivity index (χ3n) is 3.34. The lowest BCUT2D eigenvalue weighted by atomic mass is 9.90. The molecule has 1 aliphatic carbocycles. The number of ether oxygens (including phenoxy) is 1. The van der Waals surface area contributed by atoms with E-state index in [9.17, 15) is 5.11 Å². The number of nitrogens with zero attached hydrogens (tertiary/aromatic N) is 2. The van der Waals surface area contributed by atoms with Gasteiger partial charge in [0.1, 0.15) is 5.75 Å². The Morgan fingerprint density at radius 1 is 1.47 bits per heavy atom. The highest BCUT2D eigenvalue weighted by Crippen LogP contribution is 2.34. The number of benzene rings is 1. The number of anilines is 1. The second-order valence-electron chi connectivity index (χ2n) is 4.54. The first-order valence-corrected chi connectivity index (χ1v) is 5.68. The van der Waals surface area contributed by atoms with E-state index in [2.05, 4.69) is 5.10 Å². The van der Waals surface area contributed by atoms with Crippen LogP contribution in [0, 0.1) is 0 Å². The summed E-state index contributed by atoms with van der Waals surface area (Å²) in [5.41, 5.74) is 7.34. The second kappa shape index (κ2) is 3.63. The maximum Gasteiger partial charge on any atom is 0.144 e. The van der Waals surface area contributed by atoms with Crippen LogP contribution in [0.5, 0.6) is 5.75 Å². The Labute approximate surface area is 98.8 Å². The molecule has 5 heteroatoms. The van der Waals surface area contributed by atoms with Gasteiger partial charge in [0.2, 0.25) is 0 Å². The first kappa shape index (κ1) is 10.4. The van der Waals surface area contributed by atoms with Crippen LogP contribution in [0.2, 0.25) is 0 Å². The van der Waals surface area contributed by atoms with Crippen LogP contribution in [-0.4, -0.2) is 28.1 Å². The van der Waals surface area contributed by atoms with E-state index < -0.39 is 0 Å². The average molecular weight is 233 g/mol. The smallest absolute Gasteiger partial charge is 0.144 e. The highest BCUT2D eigenvalue weighted by atomic mass is 16.5. The molecule has 90 valence electrons. The van der Waals surface area contributed by atoms with Gasteiger partial charge >= 0.3 is 0 Å². The number of rotatable bonds is 2. The summed E-state index contributed by atoms with van der Waals surface area (Å²) in [7, 11) is 1.59. The van der Waals surface area contributed by atoms with E-state index >= 15 is 0 Å². The number of aromatic nitrogens is 2. The molecular weight excluding hydrogens is 218 g/mol. The normalized spacial score (nSPS) is 23.6. The average Bonchev–Trinajstić information content (AvgIpc) is 2.65. The van der Waals surface area contributed by atoms with Crippen LogP contribution in [0.15, 0.2) is 18.3 Å². The van der Waals surface area contributed by atoms with Crippen LogP contribution >= 0.6 is 0 Å². The van der Waals surface area contributed by atoms with Gasteiger partial charge in [0.25, 0.3) is 0 Å². The van der Waals surface area contributed by atoms with Gasteiger partial charge in [-0.15, -0.1) is 0 Å². The Morgan fingerprint density at radius 2 is 2.24 bits per heavy atom. The predicted octanol–water partition coefficient (Wildman–Crippen LogP) is 1.32. The van der Waals surface area contributed by atoms with Crippen LogP contribution in [0.1, 0.15) is 18.9 Å². The molecule has 0 spiro atoms. The van der Waals surface area contributed by atoms with E-state index in [1.807, 2.05) is 23.0 Å². The molecule has 0 amide bonds. The van der Waals surface area contributed by atoms with Crippen molar-refractivity contribution in [3.05, 3.63) is 18.3 Å². The Kier molecular flexibility index (Phi) is 2.22. The van der Waals surface area contributed by atoms with E-state index in [0.29, 0.717) is 17.5 Å². The van der Waals surface area contributed by atoms with Crippen molar-refractivity contribution in [2.45, 2.75) is 25.0 Å². The van der Waals surface area contributed by atoms with E-state index in [1.54, 1.807) is 7.11 Å². The minimum absolute atomic E-state index is 0.174. The molecule has 17 heavy (non-hydrogen) atoms. The molecule has 1 fully saturated rings. The maximum atomic E-state index is 9.30. The van der Waals surface area contributed by atoms with E-state index in [4.69, 9.17) is 10.5 Å². The molecule has 1 aromatic carbocycles. The largest absolute Gasteiger partial charge is 0.495 e. The highest BCUT2D eigenvalue weighted by molar-refractivity contribution is 5.84. The van der Waals surface area contributed by atoms with Crippen molar-refractivity contribution in [2.75, 3.05) is 12.8 Å². The molecule has 5 nitrogen and oxygen atoms in total. The number of nitrogen functional groups attached to an aromatic ring is 1. The lowest BCUT2D eigenvalue weighted by Gasteiger charge is -2.31. The summed E-state index contributed by atoms with van der Waals surface area (Å²) in [5, 5.41) is 14.8. The molecular formula is C12H15N3O2. The van der Waals surface area contributed by atoms with Gasteiger partial charge in [-0.05, 0) is 18.9 Å². The van der Waals surface area contributed by atoms with Crippen molar-refractivity contribution in [3.63, 3.8) is 0 Å². The fourth-order valence-corrected chi connectivity index (χ4v) is 2.23. The third kappa shape index (κ3) is 1.63. The predicted molar refractivity (Wildman–Crippen MR) is 65.0 cm³/mol. The van der Waals surface area contributed by atoms with Crippen molar-refractivity contribution in [1.29, 1.82) is 0 Å². The number of fused-ring (bicyclic) bond motifs is 1. The molecule has 1 aromatic heterocycles. The molecule has 0 bridgehead atoms. The fraction of sp³-hybridized carbons (Fsp3) is 0.417.